The molecule has 1 aliphatic heterocycles. The third-order valence-corrected chi connectivity index (χ3v) is 5.33. The Kier molecular flexibility index (Phi) is 6.09. The maximum Gasteiger partial charge on any atom is 0.246 e. The SMILES string of the molecule is Cc1nc(COc2cccc(/C=C/C(=O)N3CC(C)CC(C)C3)c2)cs1. The van der Waals surface area contributed by atoms with E-state index in [1.54, 1.807) is 17.4 Å². The van der Waals surface area contributed by atoms with Gasteiger partial charge in [-0.25, -0.2) is 4.98 Å². The Morgan fingerprint density at radius 2 is 2.12 bits per heavy atom. The number of aromatic nitrogens is 1. The largest absolute Gasteiger partial charge is 0.487 e. The van der Waals surface area contributed by atoms with Crippen molar-refractivity contribution < 1.29 is 9.53 Å². The van der Waals surface area contributed by atoms with Gasteiger partial charge in [-0.1, -0.05) is 26.0 Å². The van der Waals surface area contributed by atoms with Crippen LogP contribution in [0.25, 0.3) is 6.08 Å². The lowest BCUT2D eigenvalue weighted by Crippen LogP contribution is -2.41. The maximum atomic E-state index is 12.5. The van der Waals surface area contributed by atoms with E-state index in [0.717, 1.165) is 35.1 Å². The van der Waals surface area contributed by atoms with Gasteiger partial charge in [-0.3, -0.25) is 4.79 Å². The van der Waals surface area contributed by atoms with Crippen LogP contribution in [0.15, 0.2) is 35.7 Å². The Balaban J connectivity index is 1.59. The van der Waals surface area contributed by atoms with Crippen LogP contribution < -0.4 is 4.74 Å². The highest BCUT2D eigenvalue weighted by Crippen LogP contribution is 2.22. The predicted molar refractivity (Wildman–Crippen MR) is 106 cm³/mol. The number of hydrogen-bond donors (Lipinski definition) is 0. The second-order valence-electron chi connectivity index (χ2n) is 7.24. The summed E-state index contributed by atoms with van der Waals surface area (Å²) < 4.78 is 5.81. The third-order valence-electron chi connectivity index (χ3n) is 4.51. The van der Waals surface area contributed by atoms with E-state index in [1.807, 2.05) is 47.5 Å². The van der Waals surface area contributed by atoms with Gasteiger partial charge >= 0.3 is 0 Å². The topological polar surface area (TPSA) is 42.4 Å². The number of thiazole rings is 1. The van der Waals surface area contributed by atoms with Crippen molar-refractivity contribution in [2.24, 2.45) is 11.8 Å². The zero-order valence-electron chi connectivity index (χ0n) is 15.6. The minimum Gasteiger partial charge on any atom is -0.487 e. The van der Waals surface area contributed by atoms with Crippen molar-refractivity contribution >= 4 is 23.3 Å². The van der Waals surface area contributed by atoms with Crippen LogP contribution in [0.1, 0.15) is 36.5 Å². The summed E-state index contributed by atoms with van der Waals surface area (Å²) in [5.74, 6) is 2.02. The number of amides is 1. The molecule has 3 rings (SSSR count). The van der Waals surface area contributed by atoms with E-state index in [4.69, 9.17) is 4.74 Å². The van der Waals surface area contributed by atoms with E-state index in [-0.39, 0.29) is 5.91 Å². The number of aryl methyl sites for hydroxylation is 1. The minimum absolute atomic E-state index is 0.0904. The number of rotatable bonds is 5. The van der Waals surface area contributed by atoms with Gasteiger partial charge < -0.3 is 9.64 Å². The molecule has 4 nitrogen and oxygen atoms in total. The molecule has 2 atom stereocenters. The molecule has 0 saturated carbocycles. The molecule has 26 heavy (non-hydrogen) atoms. The van der Waals surface area contributed by atoms with Gasteiger partial charge in [0.05, 0.1) is 10.7 Å². The van der Waals surface area contributed by atoms with E-state index >= 15 is 0 Å². The first-order valence-electron chi connectivity index (χ1n) is 9.10. The Labute approximate surface area is 159 Å². The number of likely N-dealkylation sites (tertiary alicyclic amines) is 1. The summed E-state index contributed by atoms with van der Waals surface area (Å²) >= 11 is 1.62. The van der Waals surface area contributed by atoms with Crippen LogP contribution >= 0.6 is 11.3 Å². The van der Waals surface area contributed by atoms with Crippen LogP contribution in [0.2, 0.25) is 0 Å². The summed E-state index contributed by atoms with van der Waals surface area (Å²) in [6.07, 6.45) is 4.74. The first-order chi connectivity index (χ1) is 12.5. The van der Waals surface area contributed by atoms with Gasteiger partial charge in [-0.15, -0.1) is 11.3 Å². The second-order valence-corrected chi connectivity index (χ2v) is 8.30. The van der Waals surface area contributed by atoms with Crippen molar-refractivity contribution in [2.45, 2.75) is 33.8 Å². The van der Waals surface area contributed by atoms with Crippen LogP contribution in [0, 0.1) is 18.8 Å². The lowest BCUT2D eigenvalue weighted by atomic mass is 9.92. The molecule has 0 aliphatic carbocycles. The highest BCUT2D eigenvalue weighted by Gasteiger charge is 2.23. The summed E-state index contributed by atoms with van der Waals surface area (Å²) in [6.45, 7) is 8.57. The third kappa shape index (κ3) is 5.18. The number of carbonyl (C=O) groups is 1. The molecule has 1 aliphatic rings. The average molecular weight is 371 g/mol. The van der Waals surface area contributed by atoms with Crippen LogP contribution in [-0.4, -0.2) is 28.9 Å². The van der Waals surface area contributed by atoms with Crippen molar-refractivity contribution in [3.8, 4) is 5.75 Å². The molecular weight excluding hydrogens is 344 g/mol. The van der Waals surface area contributed by atoms with Gasteiger partial charge in [-0.2, -0.15) is 0 Å². The van der Waals surface area contributed by atoms with E-state index in [0.29, 0.717) is 18.4 Å². The maximum absolute atomic E-state index is 12.5. The Hall–Kier alpha value is -2.14. The Morgan fingerprint density at radius 1 is 1.35 bits per heavy atom. The molecule has 2 unspecified atom stereocenters. The quantitative estimate of drug-likeness (QED) is 0.725. The van der Waals surface area contributed by atoms with Crippen LogP contribution in [0.3, 0.4) is 0 Å². The van der Waals surface area contributed by atoms with E-state index in [1.165, 1.54) is 6.42 Å². The fourth-order valence-corrected chi connectivity index (χ4v) is 4.05. The minimum atomic E-state index is 0.0904. The number of ether oxygens (including phenoxy) is 1. The molecule has 1 aromatic heterocycles. The number of nitrogens with zero attached hydrogens (tertiary/aromatic N) is 2. The van der Waals surface area contributed by atoms with Crippen molar-refractivity contribution in [1.82, 2.24) is 9.88 Å². The van der Waals surface area contributed by atoms with Gasteiger partial charge in [0.25, 0.3) is 0 Å². The second kappa shape index (κ2) is 8.49. The van der Waals surface area contributed by atoms with Gasteiger partial charge in [0.15, 0.2) is 0 Å². The number of piperidine rings is 1. The lowest BCUT2D eigenvalue weighted by Gasteiger charge is -2.34. The summed E-state index contributed by atoms with van der Waals surface area (Å²) in [6, 6.07) is 7.79. The first-order valence-corrected chi connectivity index (χ1v) is 9.98. The normalized spacial score (nSPS) is 20.5. The molecule has 1 saturated heterocycles. The van der Waals surface area contributed by atoms with Gasteiger partial charge in [-0.05, 0) is 49.0 Å². The molecule has 5 heteroatoms. The summed E-state index contributed by atoms with van der Waals surface area (Å²) in [5, 5.41) is 3.05. The number of benzene rings is 1. The van der Waals surface area contributed by atoms with Crippen LogP contribution in [-0.2, 0) is 11.4 Å². The highest BCUT2D eigenvalue weighted by atomic mass is 32.1. The van der Waals surface area contributed by atoms with Crippen molar-refractivity contribution in [3.63, 3.8) is 0 Å². The zero-order valence-corrected chi connectivity index (χ0v) is 16.5. The standard InChI is InChI=1S/C21H26N2O2S/c1-15-9-16(2)12-23(11-15)21(24)8-7-18-5-4-6-20(10-18)25-13-19-14-26-17(3)22-19/h4-8,10,14-16H,9,11-13H2,1-3H3/b8-7+. The van der Waals surface area contributed by atoms with Gasteiger partial charge in [0.1, 0.15) is 12.4 Å². The molecule has 2 aromatic rings. The van der Waals surface area contributed by atoms with Crippen LogP contribution in [0.4, 0.5) is 0 Å². The molecule has 2 heterocycles. The highest BCUT2D eigenvalue weighted by molar-refractivity contribution is 7.09. The molecule has 0 spiro atoms. The summed E-state index contributed by atoms with van der Waals surface area (Å²) in [7, 11) is 0. The van der Waals surface area contributed by atoms with Gasteiger partial charge in [0, 0.05) is 24.5 Å². The number of hydrogen-bond acceptors (Lipinski definition) is 4. The lowest BCUT2D eigenvalue weighted by molar-refractivity contribution is -0.128. The van der Waals surface area contributed by atoms with Crippen molar-refractivity contribution in [2.75, 3.05) is 13.1 Å². The molecule has 0 bridgehead atoms. The van der Waals surface area contributed by atoms with E-state index in [9.17, 15) is 4.79 Å². The fourth-order valence-electron chi connectivity index (χ4n) is 3.46. The van der Waals surface area contributed by atoms with Crippen molar-refractivity contribution in [3.05, 3.63) is 52.0 Å². The molecule has 1 fully saturated rings. The predicted octanol–water partition coefficient (Wildman–Crippen LogP) is 4.55. The van der Waals surface area contributed by atoms with Crippen LogP contribution in [0.5, 0.6) is 5.75 Å². The Bertz CT molecular complexity index is 774. The molecule has 0 radical (unpaired) electrons. The van der Waals surface area contributed by atoms with E-state index < -0.39 is 0 Å². The van der Waals surface area contributed by atoms with Crippen molar-refractivity contribution in [1.29, 1.82) is 0 Å². The number of carbonyl (C=O) groups excluding carboxylic acids is 1. The smallest absolute Gasteiger partial charge is 0.246 e. The molecule has 1 aromatic carbocycles. The Morgan fingerprint density at radius 3 is 2.81 bits per heavy atom. The molecule has 0 N–H and O–H groups in total. The average Bonchev–Trinajstić information content (AvgIpc) is 3.03. The summed E-state index contributed by atoms with van der Waals surface area (Å²) in [4.78, 5) is 18.8. The molecule has 1 amide bonds. The monoisotopic (exact) mass is 370 g/mol. The molecular formula is C21H26N2O2S. The fraction of sp³-hybridized carbons (Fsp3) is 0.429. The van der Waals surface area contributed by atoms with Gasteiger partial charge in [0.2, 0.25) is 5.91 Å². The van der Waals surface area contributed by atoms with E-state index in [2.05, 4.69) is 18.8 Å². The summed E-state index contributed by atoms with van der Waals surface area (Å²) in [5.41, 5.74) is 1.90. The molecule has 138 valence electrons. The zero-order chi connectivity index (χ0) is 18.5. The first kappa shape index (κ1) is 18.6.